The van der Waals surface area contributed by atoms with E-state index in [0.29, 0.717) is 12.2 Å². The third-order valence-corrected chi connectivity index (χ3v) is 6.76. The van der Waals surface area contributed by atoms with Crippen molar-refractivity contribution in [1.82, 2.24) is 0 Å². The zero-order chi connectivity index (χ0) is 27.0. The third kappa shape index (κ3) is 11.0. The fraction of sp³-hybridized carbons (Fsp3) is 0.343. The van der Waals surface area contributed by atoms with E-state index in [1.807, 2.05) is 25.1 Å². The molecular formula is C35H41FO2. The van der Waals surface area contributed by atoms with E-state index in [0.717, 1.165) is 30.6 Å². The number of halogens is 1. The molecule has 0 aliphatic carbocycles. The summed E-state index contributed by atoms with van der Waals surface area (Å²) in [5.41, 5.74) is 6.31. The largest absolute Gasteiger partial charge is 0.377 e. The SMILES string of the molecule is C=C(C)c1ccc(COCCCCCCCCCCc2ccc(/C=C/C(=O)c3ccc(F)cc3)cc2)cc1. The normalized spacial score (nSPS) is 11.2. The van der Waals surface area contributed by atoms with Gasteiger partial charge in [-0.1, -0.05) is 105 Å². The van der Waals surface area contributed by atoms with Crippen LogP contribution in [0.4, 0.5) is 4.39 Å². The predicted octanol–water partition coefficient (Wildman–Crippen LogP) is 9.63. The molecule has 200 valence electrons. The molecule has 0 heterocycles. The van der Waals surface area contributed by atoms with Gasteiger partial charge in [-0.05, 0) is 78.8 Å². The molecule has 0 amide bonds. The van der Waals surface area contributed by atoms with Crippen molar-refractivity contribution < 1.29 is 13.9 Å². The summed E-state index contributed by atoms with van der Waals surface area (Å²) < 4.78 is 18.8. The van der Waals surface area contributed by atoms with E-state index < -0.39 is 0 Å². The predicted molar refractivity (Wildman–Crippen MR) is 158 cm³/mol. The Kier molecular flexibility index (Phi) is 12.7. The number of carbonyl (C=O) groups is 1. The molecule has 3 heteroatoms. The van der Waals surface area contributed by atoms with Crippen molar-refractivity contribution in [1.29, 1.82) is 0 Å². The molecule has 2 nitrogen and oxygen atoms in total. The monoisotopic (exact) mass is 512 g/mol. The number of unbranched alkanes of at least 4 members (excludes halogenated alkanes) is 7. The van der Waals surface area contributed by atoms with Crippen LogP contribution in [-0.2, 0) is 17.8 Å². The molecule has 0 fully saturated rings. The fourth-order valence-corrected chi connectivity index (χ4v) is 4.35. The molecule has 0 aliphatic heterocycles. The summed E-state index contributed by atoms with van der Waals surface area (Å²) in [5.74, 6) is -0.459. The number of ether oxygens (including phenoxy) is 1. The summed E-state index contributed by atoms with van der Waals surface area (Å²) in [6.07, 6.45) is 14.5. The second kappa shape index (κ2) is 16.5. The molecule has 0 atom stereocenters. The van der Waals surface area contributed by atoms with Gasteiger partial charge in [-0.15, -0.1) is 0 Å². The highest BCUT2D eigenvalue weighted by Gasteiger charge is 2.02. The highest BCUT2D eigenvalue weighted by molar-refractivity contribution is 6.06. The number of aryl methyl sites for hydroxylation is 1. The molecule has 0 saturated heterocycles. The van der Waals surface area contributed by atoms with Crippen LogP contribution in [0.5, 0.6) is 0 Å². The van der Waals surface area contributed by atoms with Gasteiger partial charge in [0.2, 0.25) is 0 Å². The van der Waals surface area contributed by atoms with E-state index in [2.05, 4.69) is 43.0 Å². The average molecular weight is 513 g/mol. The van der Waals surface area contributed by atoms with E-state index in [9.17, 15) is 9.18 Å². The smallest absolute Gasteiger partial charge is 0.185 e. The van der Waals surface area contributed by atoms with Crippen molar-refractivity contribution in [2.24, 2.45) is 0 Å². The Morgan fingerprint density at radius 1 is 0.737 bits per heavy atom. The minimum absolute atomic E-state index is 0.122. The van der Waals surface area contributed by atoms with Crippen LogP contribution >= 0.6 is 0 Å². The van der Waals surface area contributed by atoms with Gasteiger partial charge >= 0.3 is 0 Å². The lowest BCUT2D eigenvalue weighted by Crippen LogP contribution is -1.96. The van der Waals surface area contributed by atoms with Crippen LogP contribution in [0.1, 0.15) is 90.9 Å². The summed E-state index contributed by atoms with van der Waals surface area (Å²) in [6.45, 7) is 7.52. The van der Waals surface area contributed by atoms with Crippen molar-refractivity contribution in [2.45, 2.75) is 71.3 Å². The number of allylic oxidation sites excluding steroid dienone is 2. The van der Waals surface area contributed by atoms with E-state index in [-0.39, 0.29) is 11.6 Å². The van der Waals surface area contributed by atoms with Gasteiger partial charge in [-0.2, -0.15) is 0 Å². The van der Waals surface area contributed by atoms with Crippen molar-refractivity contribution in [3.8, 4) is 0 Å². The van der Waals surface area contributed by atoms with E-state index in [1.54, 1.807) is 6.08 Å². The lowest BCUT2D eigenvalue weighted by atomic mass is 10.0. The Morgan fingerprint density at radius 3 is 1.92 bits per heavy atom. The first kappa shape index (κ1) is 29.3. The zero-order valence-corrected chi connectivity index (χ0v) is 22.8. The number of carbonyl (C=O) groups excluding carboxylic acids is 1. The first-order valence-corrected chi connectivity index (χ1v) is 13.9. The Morgan fingerprint density at radius 2 is 1.29 bits per heavy atom. The van der Waals surface area contributed by atoms with Gasteiger partial charge in [0.15, 0.2) is 5.78 Å². The van der Waals surface area contributed by atoms with Crippen LogP contribution in [-0.4, -0.2) is 12.4 Å². The lowest BCUT2D eigenvalue weighted by molar-refractivity contribution is 0.104. The van der Waals surface area contributed by atoms with Crippen molar-refractivity contribution in [3.05, 3.63) is 119 Å². The minimum atomic E-state index is -0.337. The standard InChI is InChI=1S/C35H41FO2/c1-28(2)32-19-16-31(17-20-32)27-38-26-10-8-6-4-3-5-7-9-11-29-12-14-30(15-13-29)18-25-35(37)33-21-23-34(36)24-22-33/h12-25H,1,3-11,26-27H2,2H3/b25-18+. The summed E-state index contributed by atoms with van der Waals surface area (Å²) in [7, 11) is 0. The second-order valence-electron chi connectivity index (χ2n) is 10.1. The van der Waals surface area contributed by atoms with Crippen LogP contribution in [0.2, 0.25) is 0 Å². The highest BCUT2D eigenvalue weighted by atomic mass is 19.1. The Bertz CT molecular complexity index is 1140. The van der Waals surface area contributed by atoms with Gasteiger partial charge in [-0.3, -0.25) is 4.79 Å². The third-order valence-electron chi connectivity index (χ3n) is 6.76. The first-order chi connectivity index (χ1) is 18.5. The molecule has 0 bridgehead atoms. The molecule has 0 unspecified atom stereocenters. The number of benzene rings is 3. The molecule has 0 saturated carbocycles. The highest BCUT2D eigenvalue weighted by Crippen LogP contribution is 2.15. The first-order valence-electron chi connectivity index (χ1n) is 13.9. The van der Waals surface area contributed by atoms with Gasteiger partial charge in [0.1, 0.15) is 5.82 Å². The number of hydrogen-bond acceptors (Lipinski definition) is 2. The second-order valence-corrected chi connectivity index (χ2v) is 10.1. The Balaban J connectivity index is 1.17. The van der Waals surface area contributed by atoms with Gasteiger partial charge in [0, 0.05) is 12.2 Å². The zero-order valence-electron chi connectivity index (χ0n) is 22.8. The summed E-state index contributed by atoms with van der Waals surface area (Å²) in [6, 6.07) is 22.5. The molecule has 3 aromatic carbocycles. The molecule has 0 aromatic heterocycles. The quantitative estimate of drug-likeness (QED) is 0.102. The maximum atomic E-state index is 13.0. The van der Waals surface area contributed by atoms with E-state index >= 15 is 0 Å². The van der Waals surface area contributed by atoms with Gasteiger partial charge in [0.25, 0.3) is 0 Å². The molecule has 3 rings (SSSR count). The van der Waals surface area contributed by atoms with Gasteiger partial charge < -0.3 is 4.74 Å². The van der Waals surface area contributed by atoms with Crippen molar-refractivity contribution in [3.63, 3.8) is 0 Å². The van der Waals surface area contributed by atoms with Crippen LogP contribution in [0.25, 0.3) is 11.6 Å². The lowest BCUT2D eigenvalue weighted by Gasteiger charge is -2.06. The van der Waals surface area contributed by atoms with Crippen molar-refractivity contribution >= 4 is 17.4 Å². The van der Waals surface area contributed by atoms with Gasteiger partial charge in [-0.25, -0.2) is 4.39 Å². The maximum absolute atomic E-state index is 13.0. The summed E-state index contributed by atoms with van der Waals surface area (Å²) in [4.78, 5) is 12.2. The summed E-state index contributed by atoms with van der Waals surface area (Å²) >= 11 is 0. The van der Waals surface area contributed by atoms with E-state index in [4.69, 9.17) is 4.74 Å². The molecule has 0 spiro atoms. The molecule has 0 N–H and O–H groups in total. The fourth-order valence-electron chi connectivity index (χ4n) is 4.35. The molecule has 0 aliphatic rings. The Hall–Kier alpha value is -3.30. The number of ketones is 1. The molecule has 0 radical (unpaired) electrons. The van der Waals surface area contributed by atoms with Crippen molar-refractivity contribution in [2.75, 3.05) is 6.61 Å². The average Bonchev–Trinajstić information content (AvgIpc) is 2.93. The van der Waals surface area contributed by atoms with Crippen LogP contribution < -0.4 is 0 Å². The maximum Gasteiger partial charge on any atom is 0.185 e. The van der Waals surface area contributed by atoms with Crippen LogP contribution in [0.3, 0.4) is 0 Å². The van der Waals surface area contributed by atoms with E-state index in [1.165, 1.54) is 85.9 Å². The molecular weight excluding hydrogens is 471 g/mol. The Labute approximate surface area is 228 Å². The molecule has 3 aromatic rings. The number of rotatable bonds is 17. The van der Waals surface area contributed by atoms with Gasteiger partial charge in [0.05, 0.1) is 6.61 Å². The summed E-state index contributed by atoms with van der Waals surface area (Å²) in [5, 5.41) is 0. The minimum Gasteiger partial charge on any atom is -0.377 e. The topological polar surface area (TPSA) is 26.3 Å². The van der Waals surface area contributed by atoms with Crippen LogP contribution in [0.15, 0.2) is 85.5 Å². The van der Waals surface area contributed by atoms with Crippen LogP contribution in [0, 0.1) is 5.82 Å². The molecule has 38 heavy (non-hydrogen) atoms. The number of hydrogen-bond donors (Lipinski definition) is 0.